The fraction of sp³-hybridized carbons (Fsp3) is 0.440. The van der Waals surface area contributed by atoms with Crippen LogP contribution in [0.4, 0.5) is 4.39 Å². The fourth-order valence-corrected chi connectivity index (χ4v) is 4.40. The standard InChI is InChI=1S/C25H29Cl2FN2O3/c1-2-22(25(32)29-18-8-4-3-5-9-18)30(15-17-12-13-19(26)20(27)14-17)24(31)16-33-23-11-7-6-10-21(23)28/h6-7,10-14,18,22H,2-5,8-9,15-16H2,1H3,(H,29,32). The first-order valence-corrected chi connectivity index (χ1v) is 12.1. The zero-order valence-corrected chi connectivity index (χ0v) is 20.2. The minimum Gasteiger partial charge on any atom is -0.481 e. The molecule has 1 N–H and O–H groups in total. The summed E-state index contributed by atoms with van der Waals surface area (Å²) in [6, 6.07) is 10.4. The molecule has 0 radical (unpaired) electrons. The average molecular weight is 495 g/mol. The highest BCUT2D eigenvalue weighted by atomic mass is 35.5. The van der Waals surface area contributed by atoms with E-state index < -0.39 is 24.4 Å². The van der Waals surface area contributed by atoms with Crippen LogP contribution in [0.5, 0.6) is 5.75 Å². The van der Waals surface area contributed by atoms with E-state index in [0.717, 1.165) is 31.2 Å². The molecule has 1 unspecified atom stereocenters. The van der Waals surface area contributed by atoms with Crippen LogP contribution >= 0.6 is 23.2 Å². The number of nitrogens with one attached hydrogen (secondary N) is 1. The molecule has 5 nitrogen and oxygen atoms in total. The zero-order valence-electron chi connectivity index (χ0n) is 18.7. The van der Waals surface area contributed by atoms with Crippen molar-refractivity contribution in [3.8, 4) is 5.75 Å². The Morgan fingerprint density at radius 3 is 2.52 bits per heavy atom. The van der Waals surface area contributed by atoms with Gasteiger partial charge in [-0.25, -0.2) is 4.39 Å². The highest BCUT2D eigenvalue weighted by Gasteiger charge is 2.30. The van der Waals surface area contributed by atoms with Gasteiger partial charge in [0.2, 0.25) is 5.91 Å². The highest BCUT2D eigenvalue weighted by molar-refractivity contribution is 6.42. The van der Waals surface area contributed by atoms with Gasteiger partial charge >= 0.3 is 0 Å². The van der Waals surface area contributed by atoms with Crippen molar-refractivity contribution in [2.75, 3.05) is 6.61 Å². The van der Waals surface area contributed by atoms with E-state index in [1.54, 1.807) is 30.3 Å². The lowest BCUT2D eigenvalue weighted by atomic mass is 9.95. The Morgan fingerprint density at radius 2 is 1.85 bits per heavy atom. The molecule has 1 fully saturated rings. The second-order valence-electron chi connectivity index (χ2n) is 8.26. The number of hydrogen-bond acceptors (Lipinski definition) is 3. The Labute approximate surface area is 204 Å². The first-order valence-electron chi connectivity index (χ1n) is 11.3. The normalized spacial score (nSPS) is 15.0. The molecule has 0 bridgehead atoms. The molecule has 0 spiro atoms. The largest absolute Gasteiger partial charge is 0.481 e. The molecule has 2 aromatic carbocycles. The summed E-state index contributed by atoms with van der Waals surface area (Å²) in [7, 11) is 0. The summed E-state index contributed by atoms with van der Waals surface area (Å²) in [6.45, 7) is 1.61. The zero-order chi connectivity index (χ0) is 23.8. The summed E-state index contributed by atoms with van der Waals surface area (Å²) in [4.78, 5) is 27.9. The number of rotatable bonds is 9. The van der Waals surface area contributed by atoms with Crippen LogP contribution in [0.15, 0.2) is 42.5 Å². The Hall–Kier alpha value is -2.31. The van der Waals surface area contributed by atoms with Gasteiger partial charge in [-0.2, -0.15) is 0 Å². The molecule has 0 aromatic heterocycles. The molecule has 0 aliphatic heterocycles. The molecule has 2 aromatic rings. The Balaban J connectivity index is 1.78. The van der Waals surface area contributed by atoms with E-state index in [0.29, 0.717) is 16.5 Å². The van der Waals surface area contributed by atoms with Crippen molar-refractivity contribution in [3.05, 3.63) is 63.9 Å². The van der Waals surface area contributed by atoms with Crippen LogP contribution in [0.3, 0.4) is 0 Å². The number of carbonyl (C=O) groups excluding carboxylic acids is 2. The number of nitrogens with zero attached hydrogens (tertiary/aromatic N) is 1. The molecular weight excluding hydrogens is 466 g/mol. The van der Waals surface area contributed by atoms with Gasteiger partial charge in [-0.05, 0) is 49.1 Å². The van der Waals surface area contributed by atoms with Crippen molar-refractivity contribution < 1.29 is 18.7 Å². The molecule has 2 amide bonds. The van der Waals surface area contributed by atoms with Crippen LogP contribution in [-0.4, -0.2) is 35.4 Å². The smallest absolute Gasteiger partial charge is 0.261 e. The van der Waals surface area contributed by atoms with Gasteiger partial charge < -0.3 is 15.0 Å². The molecule has 178 valence electrons. The molecule has 0 heterocycles. The predicted octanol–water partition coefficient (Wildman–Crippen LogP) is 5.77. The lowest BCUT2D eigenvalue weighted by molar-refractivity contribution is -0.143. The van der Waals surface area contributed by atoms with E-state index in [-0.39, 0.29) is 24.2 Å². The van der Waals surface area contributed by atoms with Crippen LogP contribution in [0.1, 0.15) is 51.0 Å². The molecule has 8 heteroatoms. The number of ether oxygens (including phenoxy) is 1. The van der Waals surface area contributed by atoms with E-state index in [9.17, 15) is 14.0 Å². The van der Waals surface area contributed by atoms with Crippen LogP contribution in [0, 0.1) is 5.82 Å². The number of carbonyl (C=O) groups is 2. The van der Waals surface area contributed by atoms with Gasteiger partial charge in [-0.3, -0.25) is 9.59 Å². The maximum absolute atomic E-state index is 13.9. The molecule has 33 heavy (non-hydrogen) atoms. The van der Waals surface area contributed by atoms with Gasteiger partial charge in [0.25, 0.3) is 5.91 Å². The number of benzene rings is 2. The second kappa shape index (κ2) is 12.2. The lowest BCUT2D eigenvalue weighted by Crippen LogP contribution is -2.52. The van der Waals surface area contributed by atoms with E-state index in [2.05, 4.69) is 5.32 Å². The Kier molecular flexibility index (Phi) is 9.39. The number of halogens is 3. The third-order valence-corrected chi connectivity index (χ3v) is 6.60. The van der Waals surface area contributed by atoms with E-state index in [4.69, 9.17) is 27.9 Å². The van der Waals surface area contributed by atoms with Crippen molar-refractivity contribution in [1.29, 1.82) is 0 Å². The van der Waals surface area contributed by atoms with E-state index in [1.165, 1.54) is 23.5 Å². The number of hydrogen-bond donors (Lipinski definition) is 1. The molecule has 1 aliphatic rings. The first kappa shape index (κ1) is 25.3. The number of amides is 2. The van der Waals surface area contributed by atoms with Crippen LogP contribution in [0.2, 0.25) is 10.0 Å². The molecule has 1 aliphatic carbocycles. The third-order valence-electron chi connectivity index (χ3n) is 5.86. The van der Waals surface area contributed by atoms with Crippen molar-refractivity contribution in [3.63, 3.8) is 0 Å². The molecular formula is C25H29Cl2FN2O3. The van der Waals surface area contributed by atoms with Gasteiger partial charge in [-0.1, -0.05) is 67.6 Å². The average Bonchev–Trinajstić information content (AvgIpc) is 2.81. The van der Waals surface area contributed by atoms with E-state index in [1.807, 2.05) is 6.92 Å². The third kappa shape index (κ3) is 7.08. The summed E-state index contributed by atoms with van der Waals surface area (Å²) >= 11 is 12.2. The number of para-hydroxylation sites is 1. The Morgan fingerprint density at radius 1 is 1.12 bits per heavy atom. The van der Waals surface area contributed by atoms with E-state index >= 15 is 0 Å². The summed E-state index contributed by atoms with van der Waals surface area (Å²) in [5.41, 5.74) is 0.729. The van der Waals surface area contributed by atoms with Crippen molar-refractivity contribution >= 4 is 35.0 Å². The van der Waals surface area contributed by atoms with Crippen molar-refractivity contribution in [2.45, 2.75) is 64.1 Å². The maximum atomic E-state index is 13.9. The molecule has 0 saturated heterocycles. The quantitative estimate of drug-likeness (QED) is 0.481. The monoisotopic (exact) mass is 494 g/mol. The molecule has 1 saturated carbocycles. The predicted molar refractivity (Wildman–Crippen MR) is 128 cm³/mol. The van der Waals surface area contributed by atoms with Crippen molar-refractivity contribution in [1.82, 2.24) is 10.2 Å². The highest BCUT2D eigenvalue weighted by Crippen LogP contribution is 2.25. The van der Waals surface area contributed by atoms with Crippen LogP contribution < -0.4 is 10.1 Å². The lowest BCUT2D eigenvalue weighted by Gasteiger charge is -2.32. The van der Waals surface area contributed by atoms with Gasteiger partial charge in [0.1, 0.15) is 6.04 Å². The minimum atomic E-state index is -0.696. The van der Waals surface area contributed by atoms with Gasteiger partial charge in [0.15, 0.2) is 18.2 Å². The topological polar surface area (TPSA) is 58.6 Å². The van der Waals surface area contributed by atoms with Gasteiger partial charge in [0, 0.05) is 12.6 Å². The van der Waals surface area contributed by atoms with Crippen LogP contribution in [0.25, 0.3) is 0 Å². The SMILES string of the molecule is CCC(C(=O)NC1CCCCC1)N(Cc1ccc(Cl)c(Cl)c1)C(=O)COc1ccccc1F. The second-order valence-corrected chi connectivity index (χ2v) is 9.07. The summed E-state index contributed by atoms with van der Waals surface area (Å²) in [6.07, 6.45) is 5.66. The van der Waals surface area contributed by atoms with Crippen molar-refractivity contribution in [2.24, 2.45) is 0 Å². The summed E-state index contributed by atoms with van der Waals surface area (Å²) in [5.74, 6) is -1.18. The summed E-state index contributed by atoms with van der Waals surface area (Å²) in [5, 5.41) is 3.88. The minimum absolute atomic E-state index is 0.0138. The molecule has 3 rings (SSSR count). The summed E-state index contributed by atoms with van der Waals surface area (Å²) < 4.78 is 19.4. The van der Waals surface area contributed by atoms with Crippen LogP contribution in [-0.2, 0) is 16.1 Å². The maximum Gasteiger partial charge on any atom is 0.261 e. The Bertz CT molecular complexity index is 966. The van der Waals surface area contributed by atoms with Gasteiger partial charge in [-0.15, -0.1) is 0 Å². The fourth-order valence-electron chi connectivity index (χ4n) is 4.08. The van der Waals surface area contributed by atoms with Gasteiger partial charge in [0.05, 0.1) is 10.0 Å². The first-order chi connectivity index (χ1) is 15.9. The molecule has 1 atom stereocenters.